The van der Waals surface area contributed by atoms with E-state index in [2.05, 4.69) is 10.3 Å². The number of carbonyl (C=O) groups is 2. The molecule has 1 N–H and O–H groups in total. The number of fused-ring (bicyclic) bond motifs is 1. The molecule has 0 amide bonds. The Kier molecular flexibility index (Phi) is 3.36. The van der Waals surface area contributed by atoms with Crippen molar-refractivity contribution in [3.63, 3.8) is 0 Å². The lowest BCUT2D eigenvalue weighted by atomic mass is 9.91. The van der Waals surface area contributed by atoms with E-state index >= 15 is 0 Å². The Labute approximate surface area is 122 Å². The van der Waals surface area contributed by atoms with Crippen molar-refractivity contribution in [2.24, 2.45) is 0 Å². The summed E-state index contributed by atoms with van der Waals surface area (Å²) in [5.74, 6) is -0.369. The van der Waals surface area contributed by atoms with Gasteiger partial charge in [-0.3, -0.25) is 14.6 Å². The third-order valence-electron chi connectivity index (χ3n) is 3.52. The SMILES string of the molecule is CC1=C(NCc2ccccc2)C(=O)c2cccnc2C1=O. The van der Waals surface area contributed by atoms with Gasteiger partial charge in [0.1, 0.15) is 5.69 Å². The van der Waals surface area contributed by atoms with E-state index in [-0.39, 0.29) is 17.3 Å². The molecule has 0 aliphatic heterocycles. The highest BCUT2D eigenvalue weighted by Crippen LogP contribution is 2.23. The van der Waals surface area contributed by atoms with E-state index < -0.39 is 0 Å². The topological polar surface area (TPSA) is 59.1 Å². The van der Waals surface area contributed by atoms with Crippen molar-refractivity contribution >= 4 is 11.6 Å². The summed E-state index contributed by atoms with van der Waals surface area (Å²) < 4.78 is 0. The zero-order valence-corrected chi connectivity index (χ0v) is 11.6. The number of Topliss-reactive ketones (excluding diaryl/α,β-unsaturated/α-hetero) is 2. The maximum atomic E-state index is 12.5. The van der Waals surface area contributed by atoms with Gasteiger partial charge >= 0.3 is 0 Å². The first-order valence-electron chi connectivity index (χ1n) is 6.71. The molecule has 4 heteroatoms. The average Bonchev–Trinajstić information content (AvgIpc) is 2.54. The van der Waals surface area contributed by atoms with Crippen molar-refractivity contribution in [1.29, 1.82) is 0 Å². The van der Waals surface area contributed by atoms with Crippen LogP contribution in [0.2, 0.25) is 0 Å². The molecule has 0 unspecified atom stereocenters. The summed E-state index contributed by atoms with van der Waals surface area (Å²) in [4.78, 5) is 28.8. The highest BCUT2D eigenvalue weighted by Gasteiger charge is 2.30. The van der Waals surface area contributed by atoms with Crippen LogP contribution in [0.25, 0.3) is 0 Å². The largest absolute Gasteiger partial charge is 0.377 e. The van der Waals surface area contributed by atoms with Crippen LogP contribution in [-0.2, 0) is 6.54 Å². The quantitative estimate of drug-likeness (QED) is 0.937. The second-order valence-corrected chi connectivity index (χ2v) is 4.90. The predicted molar refractivity (Wildman–Crippen MR) is 78.9 cm³/mol. The van der Waals surface area contributed by atoms with Gasteiger partial charge in [-0.1, -0.05) is 30.3 Å². The van der Waals surface area contributed by atoms with Gasteiger partial charge in [-0.05, 0) is 24.6 Å². The molecular weight excluding hydrogens is 264 g/mol. The molecule has 0 spiro atoms. The first-order valence-corrected chi connectivity index (χ1v) is 6.71. The second kappa shape index (κ2) is 5.32. The normalized spacial score (nSPS) is 14.1. The summed E-state index contributed by atoms with van der Waals surface area (Å²) in [5, 5.41) is 3.09. The molecule has 0 atom stereocenters. The van der Waals surface area contributed by atoms with Gasteiger partial charge in [-0.2, -0.15) is 0 Å². The molecule has 0 radical (unpaired) electrons. The van der Waals surface area contributed by atoms with Gasteiger partial charge in [0.2, 0.25) is 11.6 Å². The summed E-state index contributed by atoms with van der Waals surface area (Å²) in [7, 11) is 0. The number of rotatable bonds is 3. The van der Waals surface area contributed by atoms with E-state index in [1.165, 1.54) is 6.20 Å². The van der Waals surface area contributed by atoms with Crippen LogP contribution in [0.1, 0.15) is 33.3 Å². The van der Waals surface area contributed by atoms with E-state index in [1.54, 1.807) is 19.1 Å². The smallest absolute Gasteiger partial charge is 0.211 e. The van der Waals surface area contributed by atoms with Crippen molar-refractivity contribution in [3.05, 3.63) is 76.8 Å². The standard InChI is InChI=1S/C17H14N2O2/c1-11-14(19-10-12-6-3-2-4-7-12)17(21)13-8-5-9-18-15(13)16(11)20/h2-9,19H,10H2,1H3. The maximum Gasteiger partial charge on any atom is 0.211 e. The average molecular weight is 278 g/mol. The number of aromatic nitrogens is 1. The number of benzene rings is 1. The molecule has 104 valence electrons. The predicted octanol–water partition coefficient (Wildman–Crippen LogP) is 2.52. The van der Waals surface area contributed by atoms with Crippen molar-refractivity contribution < 1.29 is 9.59 Å². The van der Waals surface area contributed by atoms with Gasteiger partial charge in [0.15, 0.2) is 0 Å². The lowest BCUT2D eigenvalue weighted by Gasteiger charge is -2.19. The fraction of sp³-hybridized carbons (Fsp3) is 0.118. The molecule has 0 bridgehead atoms. The zero-order valence-electron chi connectivity index (χ0n) is 11.6. The number of nitrogens with one attached hydrogen (secondary N) is 1. The first-order chi connectivity index (χ1) is 10.2. The van der Waals surface area contributed by atoms with Gasteiger partial charge in [-0.25, -0.2) is 0 Å². The highest BCUT2D eigenvalue weighted by atomic mass is 16.1. The number of ketones is 2. The Morgan fingerprint density at radius 3 is 2.52 bits per heavy atom. The Morgan fingerprint density at radius 2 is 1.76 bits per heavy atom. The third kappa shape index (κ3) is 2.36. The minimum atomic E-state index is -0.194. The molecule has 21 heavy (non-hydrogen) atoms. The minimum absolute atomic E-state index is 0.175. The van der Waals surface area contributed by atoms with Crippen LogP contribution in [0.15, 0.2) is 59.9 Å². The Hall–Kier alpha value is -2.75. The lowest BCUT2D eigenvalue weighted by molar-refractivity contribution is 0.0965. The van der Waals surface area contributed by atoms with Gasteiger partial charge in [-0.15, -0.1) is 0 Å². The summed E-state index contributed by atoms with van der Waals surface area (Å²) in [5.41, 5.74) is 2.44. The van der Waals surface area contributed by atoms with E-state index in [1.807, 2.05) is 30.3 Å². The fourth-order valence-electron chi connectivity index (χ4n) is 2.36. The number of carbonyl (C=O) groups excluding carboxylic acids is 2. The van der Waals surface area contributed by atoms with Gasteiger partial charge in [0, 0.05) is 18.3 Å². The highest BCUT2D eigenvalue weighted by molar-refractivity contribution is 6.25. The monoisotopic (exact) mass is 278 g/mol. The summed E-state index contributed by atoms with van der Waals surface area (Å²) in [6, 6.07) is 13.0. The first kappa shape index (κ1) is 13.2. The minimum Gasteiger partial charge on any atom is -0.377 e. The number of nitrogens with zero attached hydrogens (tertiary/aromatic N) is 1. The van der Waals surface area contributed by atoms with Crippen molar-refractivity contribution in [2.75, 3.05) is 0 Å². The second-order valence-electron chi connectivity index (χ2n) is 4.90. The Morgan fingerprint density at radius 1 is 1.00 bits per heavy atom. The Bertz CT molecular complexity index is 748. The van der Waals surface area contributed by atoms with Crippen molar-refractivity contribution in [3.8, 4) is 0 Å². The van der Waals surface area contributed by atoms with Crippen LogP contribution in [0.4, 0.5) is 0 Å². The van der Waals surface area contributed by atoms with Crippen molar-refractivity contribution in [2.45, 2.75) is 13.5 Å². The van der Waals surface area contributed by atoms with E-state index in [0.717, 1.165) is 5.56 Å². The molecule has 0 saturated carbocycles. The molecule has 1 aliphatic carbocycles. The van der Waals surface area contributed by atoms with E-state index in [9.17, 15) is 9.59 Å². The molecule has 3 rings (SSSR count). The molecule has 0 saturated heterocycles. The van der Waals surface area contributed by atoms with Crippen LogP contribution in [-0.4, -0.2) is 16.6 Å². The third-order valence-corrected chi connectivity index (χ3v) is 3.52. The van der Waals surface area contributed by atoms with Crippen LogP contribution in [0.5, 0.6) is 0 Å². The molecule has 1 aliphatic rings. The summed E-state index contributed by atoms with van der Waals surface area (Å²) in [6.07, 6.45) is 1.53. The maximum absolute atomic E-state index is 12.5. The van der Waals surface area contributed by atoms with Gasteiger partial charge in [0.25, 0.3) is 0 Å². The Balaban J connectivity index is 1.90. The molecule has 4 nitrogen and oxygen atoms in total. The van der Waals surface area contributed by atoms with Crippen molar-refractivity contribution in [1.82, 2.24) is 10.3 Å². The summed E-state index contributed by atoms with van der Waals surface area (Å²) >= 11 is 0. The molecule has 1 aromatic heterocycles. The fourth-order valence-corrected chi connectivity index (χ4v) is 2.36. The zero-order chi connectivity index (χ0) is 14.8. The van der Waals surface area contributed by atoms with E-state index in [0.29, 0.717) is 23.4 Å². The number of hydrogen-bond acceptors (Lipinski definition) is 4. The van der Waals surface area contributed by atoms with Gasteiger partial charge < -0.3 is 5.32 Å². The number of pyridine rings is 1. The lowest BCUT2D eigenvalue weighted by Crippen LogP contribution is -2.30. The summed E-state index contributed by atoms with van der Waals surface area (Å²) in [6.45, 7) is 2.16. The molecule has 1 heterocycles. The van der Waals surface area contributed by atoms with Crippen LogP contribution in [0.3, 0.4) is 0 Å². The molecule has 0 fully saturated rings. The number of allylic oxidation sites excluding steroid dienone is 2. The molecular formula is C17H14N2O2. The molecule has 2 aromatic rings. The van der Waals surface area contributed by atoms with Crippen LogP contribution < -0.4 is 5.32 Å². The van der Waals surface area contributed by atoms with E-state index in [4.69, 9.17) is 0 Å². The van der Waals surface area contributed by atoms with Crippen LogP contribution >= 0.6 is 0 Å². The van der Waals surface area contributed by atoms with Gasteiger partial charge in [0.05, 0.1) is 11.3 Å². The number of hydrogen-bond donors (Lipinski definition) is 1. The molecule has 1 aromatic carbocycles. The van der Waals surface area contributed by atoms with Crippen LogP contribution in [0, 0.1) is 0 Å².